The second-order valence-electron chi connectivity index (χ2n) is 3.15. The summed E-state index contributed by atoms with van der Waals surface area (Å²) in [7, 11) is -3.71. The molecule has 1 rings (SSSR count). The molecule has 1 aromatic heterocycles. The maximum absolute atomic E-state index is 11.7. The van der Waals surface area contributed by atoms with Crippen LogP contribution in [0, 0.1) is 0 Å². The Morgan fingerprint density at radius 1 is 1.62 bits per heavy atom. The molecule has 1 unspecified atom stereocenters. The van der Waals surface area contributed by atoms with E-state index in [1.807, 2.05) is 0 Å². The number of amides is 1. The second-order valence-corrected chi connectivity index (χ2v) is 4.84. The molecule has 0 aromatic carbocycles. The van der Waals surface area contributed by atoms with E-state index in [4.69, 9.17) is 0 Å². The molecular weight excluding hydrogens is 232 g/mol. The lowest BCUT2D eigenvalue weighted by Crippen LogP contribution is -2.44. The fourth-order valence-corrected chi connectivity index (χ4v) is 2.17. The third kappa shape index (κ3) is 3.04. The minimum Gasteiger partial charge on any atom is -0.355 e. The first-order valence-electron chi connectivity index (χ1n) is 4.75. The topological polar surface area (TPSA) is 104 Å². The number of carbonyl (C=O) groups excluding carboxylic acids is 1. The number of aromatic amines is 1. The number of carbonyl (C=O) groups is 1. The fraction of sp³-hybridized carbons (Fsp3) is 0.500. The van der Waals surface area contributed by atoms with E-state index in [1.54, 1.807) is 6.92 Å². The van der Waals surface area contributed by atoms with E-state index in [0.29, 0.717) is 6.54 Å². The van der Waals surface area contributed by atoms with Crippen molar-refractivity contribution in [3.05, 3.63) is 12.5 Å². The molecule has 90 valence electrons. The van der Waals surface area contributed by atoms with Crippen molar-refractivity contribution in [2.24, 2.45) is 0 Å². The van der Waals surface area contributed by atoms with E-state index >= 15 is 0 Å². The van der Waals surface area contributed by atoms with Gasteiger partial charge in [0.15, 0.2) is 5.03 Å². The molecule has 8 heteroatoms. The number of nitrogens with one attached hydrogen (secondary N) is 3. The van der Waals surface area contributed by atoms with Crippen LogP contribution in [-0.2, 0) is 14.8 Å². The molecule has 1 amide bonds. The van der Waals surface area contributed by atoms with Crippen LogP contribution in [0.4, 0.5) is 0 Å². The SMILES string of the molecule is CCNC(=O)C(C)NS(=O)(=O)c1cnc[nH]1. The van der Waals surface area contributed by atoms with Crippen molar-refractivity contribution < 1.29 is 13.2 Å². The molecule has 0 radical (unpaired) electrons. The highest BCUT2D eigenvalue weighted by molar-refractivity contribution is 7.89. The Balaban J connectivity index is 2.71. The number of hydrogen-bond donors (Lipinski definition) is 3. The molecule has 0 bridgehead atoms. The van der Waals surface area contributed by atoms with Crippen molar-refractivity contribution in [1.82, 2.24) is 20.0 Å². The maximum atomic E-state index is 11.7. The molecular formula is C8H14N4O3S. The number of imidazole rings is 1. The van der Waals surface area contributed by atoms with Crippen LogP contribution >= 0.6 is 0 Å². The van der Waals surface area contributed by atoms with Gasteiger partial charge in [-0.2, -0.15) is 4.72 Å². The average molecular weight is 246 g/mol. The quantitative estimate of drug-likeness (QED) is 0.633. The number of rotatable bonds is 5. The molecule has 7 nitrogen and oxygen atoms in total. The molecule has 1 aromatic rings. The Kier molecular flexibility index (Phi) is 4.02. The van der Waals surface area contributed by atoms with Crippen LogP contribution in [0.3, 0.4) is 0 Å². The summed E-state index contributed by atoms with van der Waals surface area (Å²) in [5.74, 6) is -0.370. The van der Waals surface area contributed by atoms with Gasteiger partial charge in [0, 0.05) is 6.54 Å². The lowest BCUT2D eigenvalue weighted by Gasteiger charge is -2.12. The molecule has 0 aliphatic carbocycles. The Hall–Kier alpha value is -1.41. The molecule has 0 spiro atoms. The summed E-state index contributed by atoms with van der Waals surface area (Å²) in [6.45, 7) is 3.68. The van der Waals surface area contributed by atoms with Crippen molar-refractivity contribution in [2.75, 3.05) is 6.54 Å². The Morgan fingerprint density at radius 2 is 2.31 bits per heavy atom. The molecule has 1 heterocycles. The van der Waals surface area contributed by atoms with Crippen LogP contribution in [0.1, 0.15) is 13.8 Å². The summed E-state index contributed by atoms with van der Waals surface area (Å²) in [6.07, 6.45) is 2.43. The van der Waals surface area contributed by atoms with E-state index < -0.39 is 16.1 Å². The standard InChI is InChI=1S/C8H14N4O3S/c1-3-10-8(13)6(2)12-16(14,15)7-4-9-5-11-7/h4-6,12H,3H2,1-2H3,(H,9,11)(H,10,13). The van der Waals surface area contributed by atoms with Gasteiger partial charge in [0.25, 0.3) is 10.0 Å². The maximum Gasteiger partial charge on any atom is 0.258 e. The van der Waals surface area contributed by atoms with Gasteiger partial charge in [-0.1, -0.05) is 0 Å². The van der Waals surface area contributed by atoms with Crippen molar-refractivity contribution in [2.45, 2.75) is 24.9 Å². The van der Waals surface area contributed by atoms with E-state index in [2.05, 4.69) is 20.0 Å². The van der Waals surface area contributed by atoms with Gasteiger partial charge in [-0.25, -0.2) is 13.4 Å². The highest BCUT2D eigenvalue weighted by Gasteiger charge is 2.22. The normalized spacial score (nSPS) is 13.4. The highest BCUT2D eigenvalue weighted by Crippen LogP contribution is 2.02. The summed E-state index contributed by atoms with van der Waals surface area (Å²) >= 11 is 0. The number of aromatic nitrogens is 2. The van der Waals surface area contributed by atoms with E-state index in [9.17, 15) is 13.2 Å². The van der Waals surface area contributed by atoms with E-state index in [0.717, 1.165) is 0 Å². The number of likely N-dealkylation sites (N-methyl/N-ethyl adjacent to an activating group) is 1. The Labute approximate surface area is 93.7 Å². The van der Waals surface area contributed by atoms with Gasteiger partial charge in [0.05, 0.1) is 18.6 Å². The molecule has 0 saturated heterocycles. The van der Waals surface area contributed by atoms with Gasteiger partial charge in [-0.3, -0.25) is 4.79 Å². The fourth-order valence-electron chi connectivity index (χ4n) is 1.07. The molecule has 3 N–H and O–H groups in total. The van der Waals surface area contributed by atoms with Gasteiger partial charge >= 0.3 is 0 Å². The first-order chi connectivity index (χ1) is 7.47. The Morgan fingerprint density at radius 3 is 2.81 bits per heavy atom. The van der Waals surface area contributed by atoms with Crippen molar-refractivity contribution in [1.29, 1.82) is 0 Å². The zero-order valence-electron chi connectivity index (χ0n) is 9.02. The lowest BCUT2D eigenvalue weighted by molar-refractivity contribution is -0.122. The third-order valence-electron chi connectivity index (χ3n) is 1.84. The average Bonchev–Trinajstić information content (AvgIpc) is 2.70. The van der Waals surface area contributed by atoms with Gasteiger partial charge < -0.3 is 10.3 Å². The number of H-pyrrole nitrogens is 1. The molecule has 1 atom stereocenters. The van der Waals surface area contributed by atoms with Crippen molar-refractivity contribution >= 4 is 15.9 Å². The first kappa shape index (κ1) is 12.7. The van der Waals surface area contributed by atoms with Crippen molar-refractivity contribution in [3.63, 3.8) is 0 Å². The van der Waals surface area contributed by atoms with Crippen LogP contribution in [0.5, 0.6) is 0 Å². The minimum absolute atomic E-state index is 0.0661. The molecule has 0 aliphatic rings. The van der Waals surface area contributed by atoms with Crippen LogP contribution in [-0.4, -0.2) is 36.9 Å². The van der Waals surface area contributed by atoms with Gasteiger partial charge in [0.2, 0.25) is 5.91 Å². The highest BCUT2D eigenvalue weighted by atomic mass is 32.2. The van der Waals surface area contributed by atoms with Gasteiger partial charge in [-0.15, -0.1) is 0 Å². The van der Waals surface area contributed by atoms with E-state index in [1.165, 1.54) is 19.4 Å². The van der Waals surface area contributed by atoms with E-state index in [-0.39, 0.29) is 10.9 Å². The molecule has 0 saturated carbocycles. The molecule has 16 heavy (non-hydrogen) atoms. The predicted octanol–water partition coefficient (Wildman–Crippen LogP) is -0.787. The van der Waals surface area contributed by atoms with Crippen LogP contribution in [0.2, 0.25) is 0 Å². The predicted molar refractivity (Wildman–Crippen MR) is 57.1 cm³/mol. The van der Waals surface area contributed by atoms with Crippen LogP contribution in [0.15, 0.2) is 17.6 Å². The summed E-state index contributed by atoms with van der Waals surface area (Å²) < 4.78 is 25.5. The van der Waals surface area contributed by atoms with Crippen LogP contribution in [0.25, 0.3) is 0 Å². The zero-order valence-corrected chi connectivity index (χ0v) is 9.84. The molecule has 0 fully saturated rings. The smallest absolute Gasteiger partial charge is 0.258 e. The number of hydrogen-bond acceptors (Lipinski definition) is 4. The summed E-state index contributed by atoms with van der Waals surface area (Å²) in [6, 6.07) is -0.826. The van der Waals surface area contributed by atoms with Gasteiger partial charge in [0.1, 0.15) is 0 Å². The zero-order chi connectivity index (χ0) is 12.2. The third-order valence-corrected chi connectivity index (χ3v) is 3.31. The lowest BCUT2D eigenvalue weighted by atomic mass is 10.3. The first-order valence-corrected chi connectivity index (χ1v) is 6.24. The van der Waals surface area contributed by atoms with Crippen LogP contribution < -0.4 is 10.0 Å². The Bertz CT molecular complexity index is 440. The number of sulfonamides is 1. The largest absolute Gasteiger partial charge is 0.355 e. The second kappa shape index (κ2) is 5.08. The van der Waals surface area contributed by atoms with Gasteiger partial charge in [-0.05, 0) is 13.8 Å². The summed E-state index contributed by atoms with van der Waals surface area (Å²) in [5.41, 5.74) is 0. The monoisotopic (exact) mass is 246 g/mol. The minimum atomic E-state index is -3.71. The number of nitrogens with zero attached hydrogens (tertiary/aromatic N) is 1. The molecule has 0 aliphatic heterocycles. The summed E-state index contributed by atoms with van der Waals surface area (Å²) in [5, 5.41) is 2.46. The summed E-state index contributed by atoms with van der Waals surface area (Å²) in [4.78, 5) is 17.4. The van der Waals surface area contributed by atoms with Crippen molar-refractivity contribution in [3.8, 4) is 0 Å².